The number of halogens is 2. The van der Waals surface area contributed by atoms with Crippen LogP contribution in [0.15, 0.2) is 68.0 Å². The van der Waals surface area contributed by atoms with Gasteiger partial charge in [0, 0.05) is 15.1 Å². The van der Waals surface area contributed by atoms with Gasteiger partial charge in [-0.3, -0.25) is 9.36 Å². The molecule has 3 aromatic rings. The molecule has 34 heavy (non-hydrogen) atoms. The van der Waals surface area contributed by atoms with Gasteiger partial charge in [0.1, 0.15) is 11.8 Å². The van der Waals surface area contributed by atoms with Crippen LogP contribution in [-0.4, -0.2) is 23.8 Å². The highest BCUT2D eigenvalue weighted by Crippen LogP contribution is 2.34. The number of hydrogen-bond donors (Lipinski definition) is 0. The van der Waals surface area contributed by atoms with Crippen LogP contribution in [0.5, 0.6) is 5.75 Å². The van der Waals surface area contributed by atoms with E-state index in [1.54, 1.807) is 32.1 Å². The molecule has 1 aliphatic heterocycles. The van der Waals surface area contributed by atoms with E-state index in [4.69, 9.17) is 21.1 Å². The van der Waals surface area contributed by atoms with Gasteiger partial charge in [0.2, 0.25) is 0 Å². The second kappa shape index (κ2) is 10.3. The fourth-order valence-electron chi connectivity index (χ4n) is 3.84. The monoisotopic (exact) mass is 560 g/mol. The molecular weight excluding hydrogens is 540 g/mol. The lowest BCUT2D eigenvalue weighted by Crippen LogP contribution is -2.40. The minimum absolute atomic E-state index is 0.207. The van der Waals surface area contributed by atoms with Crippen molar-refractivity contribution >= 4 is 50.9 Å². The Balaban J connectivity index is 1.98. The van der Waals surface area contributed by atoms with Crippen molar-refractivity contribution in [3.05, 3.63) is 94.0 Å². The molecule has 0 radical (unpaired) electrons. The van der Waals surface area contributed by atoms with Crippen LogP contribution in [0.2, 0.25) is 5.02 Å². The zero-order chi connectivity index (χ0) is 24.4. The molecule has 1 aromatic heterocycles. The van der Waals surface area contributed by atoms with Gasteiger partial charge in [-0.1, -0.05) is 57.1 Å². The van der Waals surface area contributed by atoms with E-state index in [2.05, 4.69) is 20.9 Å². The van der Waals surface area contributed by atoms with E-state index in [9.17, 15) is 9.59 Å². The number of ether oxygens (including phenoxy) is 2. The van der Waals surface area contributed by atoms with Gasteiger partial charge in [-0.05, 0) is 56.7 Å². The molecule has 0 saturated carbocycles. The van der Waals surface area contributed by atoms with Gasteiger partial charge in [-0.15, -0.1) is 0 Å². The van der Waals surface area contributed by atoms with Crippen LogP contribution in [0.3, 0.4) is 0 Å². The van der Waals surface area contributed by atoms with Crippen LogP contribution in [0.1, 0.15) is 37.9 Å². The maximum absolute atomic E-state index is 13.7. The number of hydrogen-bond acceptors (Lipinski definition) is 6. The number of fused-ring (bicyclic) bond motifs is 1. The van der Waals surface area contributed by atoms with Gasteiger partial charge in [0.25, 0.3) is 5.56 Å². The molecule has 1 atom stereocenters. The summed E-state index contributed by atoms with van der Waals surface area (Å²) >= 11 is 11.3. The standard InChI is InChI=1S/C25H22BrClN2O4S/c1-4-32-19-11-10-16(26)12-15(19)13-20-23(30)29-22(17-8-6-7-9-18(17)27)21(24(31)33-5-2)14(3)28-25(29)34-20/h6-13,22H,4-5H2,1-3H3/b20-13-. The summed E-state index contributed by atoms with van der Waals surface area (Å²) in [5.41, 5.74) is 1.91. The summed E-state index contributed by atoms with van der Waals surface area (Å²) in [7, 11) is 0. The summed E-state index contributed by atoms with van der Waals surface area (Å²) in [6, 6.07) is 12.1. The highest BCUT2D eigenvalue weighted by molar-refractivity contribution is 9.10. The molecule has 0 bridgehead atoms. The van der Waals surface area contributed by atoms with Crippen LogP contribution in [0, 0.1) is 0 Å². The second-order valence-corrected chi connectivity index (χ2v) is 9.77. The predicted molar refractivity (Wildman–Crippen MR) is 137 cm³/mol. The van der Waals surface area contributed by atoms with Gasteiger partial charge in [-0.2, -0.15) is 0 Å². The summed E-state index contributed by atoms with van der Waals surface area (Å²) in [5, 5.41) is 0.448. The normalized spacial score (nSPS) is 15.7. The molecular formula is C25H22BrClN2O4S. The molecule has 0 saturated heterocycles. The molecule has 1 aliphatic rings. The topological polar surface area (TPSA) is 69.9 Å². The quantitative estimate of drug-likeness (QED) is 0.412. The summed E-state index contributed by atoms with van der Waals surface area (Å²) in [6.45, 7) is 6.09. The zero-order valence-electron chi connectivity index (χ0n) is 18.8. The SMILES string of the molecule is CCOC(=O)C1=C(C)N=c2s/c(=C\c3cc(Br)ccc3OCC)c(=O)n2C1c1ccccc1Cl. The Hall–Kier alpha value is -2.68. The average Bonchev–Trinajstić information content (AvgIpc) is 3.10. The van der Waals surface area contributed by atoms with Crippen molar-refractivity contribution in [2.24, 2.45) is 4.99 Å². The van der Waals surface area contributed by atoms with Crippen molar-refractivity contribution in [3.63, 3.8) is 0 Å². The van der Waals surface area contributed by atoms with Crippen molar-refractivity contribution in [2.45, 2.75) is 26.8 Å². The van der Waals surface area contributed by atoms with E-state index in [-0.39, 0.29) is 12.2 Å². The molecule has 0 fully saturated rings. The van der Waals surface area contributed by atoms with E-state index < -0.39 is 12.0 Å². The summed E-state index contributed by atoms with van der Waals surface area (Å²) < 4.78 is 13.9. The smallest absolute Gasteiger partial charge is 0.338 e. The van der Waals surface area contributed by atoms with E-state index in [1.807, 2.05) is 37.3 Å². The van der Waals surface area contributed by atoms with Crippen LogP contribution in [0.4, 0.5) is 0 Å². The third kappa shape index (κ3) is 4.62. The number of carbonyl (C=O) groups is 1. The van der Waals surface area contributed by atoms with Crippen LogP contribution >= 0.6 is 38.9 Å². The van der Waals surface area contributed by atoms with Gasteiger partial charge in [0.15, 0.2) is 4.80 Å². The maximum Gasteiger partial charge on any atom is 0.338 e. The molecule has 0 aliphatic carbocycles. The number of allylic oxidation sites excluding steroid dienone is 1. The summed E-state index contributed by atoms with van der Waals surface area (Å²) in [6.07, 6.45) is 1.78. The lowest BCUT2D eigenvalue weighted by Gasteiger charge is -2.25. The van der Waals surface area contributed by atoms with Gasteiger partial charge >= 0.3 is 5.97 Å². The molecule has 2 heterocycles. The first-order chi connectivity index (χ1) is 16.3. The number of aromatic nitrogens is 1. The van der Waals surface area contributed by atoms with E-state index >= 15 is 0 Å². The van der Waals surface area contributed by atoms with Crippen molar-refractivity contribution in [3.8, 4) is 5.75 Å². The average molecular weight is 562 g/mol. The predicted octanol–water partition coefficient (Wildman–Crippen LogP) is 4.61. The minimum atomic E-state index is -0.750. The first kappa shape index (κ1) is 24.4. The third-order valence-corrected chi connectivity index (χ3v) is 7.10. The number of esters is 1. The minimum Gasteiger partial charge on any atom is -0.493 e. The van der Waals surface area contributed by atoms with Gasteiger partial charge < -0.3 is 9.47 Å². The lowest BCUT2D eigenvalue weighted by molar-refractivity contribution is -0.139. The van der Waals surface area contributed by atoms with Crippen LogP contribution in [-0.2, 0) is 9.53 Å². The fourth-order valence-corrected chi connectivity index (χ4v) is 5.50. The summed E-state index contributed by atoms with van der Waals surface area (Å²) in [5.74, 6) is 0.149. The largest absolute Gasteiger partial charge is 0.493 e. The Bertz CT molecular complexity index is 1470. The van der Waals surface area contributed by atoms with Crippen molar-refractivity contribution in [1.29, 1.82) is 0 Å². The van der Waals surface area contributed by atoms with Gasteiger partial charge in [-0.25, -0.2) is 9.79 Å². The first-order valence-corrected chi connectivity index (χ1v) is 12.7. The Morgan fingerprint density at radius 1 is 1.24 bits per heavy atom. The Morgan fingerprint density at radius 2 is 2.00 bits per heavy atom. The Labute approximate surface area is 213 Å². The van der Waals surface area contributed by atoms with E-state index in [1.165, 1.54) is 15.9 Å². The molecule has 4 rings (SSSR count). The first-order valence-electron chi connectivity index (χ1n) is 10.7. The Kier molecular flexibility index (Phi) is 7.40. The lowest BCUT2D eigenvalue weighted by atomic mass is 9.96. The molecule has 176 valence electrons. The Morgan fingerprint density at radius 3 is 2.71 bits per heavy atom. The number of nitrogens with zero attached hydrogens (tertiary/aromatic N) is 2. The third-order valence-electron chi connectivity index (χ3n) is 5.28. The number of benzene rings is 2. The molecule has 0 spiro atoms. The number of thiazole rings is 1. The van der Waals surface area contributed by atoms with E-state index in [0.717, 1.165) is 10.0 Å². The highest BCUT2D eigenvalue weighted by atomic mass is 79.9. The molecule has 1 unspecified atom stereocenters. The second-order valence-electron chi connectivity index (χ2n) is 7.44. The molecule has 0 amide bonds. The highest BCUT2D eigenvalue weighted by Gasteiger charge is 2.34. The number of carbonyl (C=O) groups excluding carboxylic acids is 1. The maximum atomic E-state index is 13.7. The summed E-state index contributed by atoms with van der Waals surface area (Å²) in [4.78, 5) is 31.7. The molecule has 0 N–H and O–H groups in total. The van der Waals surface area contributed by atoms with Crippen LogP contribution in [0.25, 0.3) is 6.08 Å². The zero-order valence-corrected chi connectivity index (χ0v) is 22.0. The molecule has 6 nitrogen and oxygen atoms in total. The van der Waals surface area contributed by atoms with Crippen molar-refractivity contribution < 1.29 is 14.3 Å². The number of rotatable bonds is 6. The van der Waals surface area contributed by atoms with Crippen LogP contribution < -0.4 is 19.6 Å². The van der Waals surface area contributed by atoms with Gasteiger partial charge in [0.05, 0.1) is 29.0 Å². The van der Waals surface area contributed by atoms with Crippen molar-refractivity contribution in [1.82, 2.24) is 4.57 Å². The van der Waals surface area contributed by atoms with Crippen molar-refractivity contribution in [2.75, 3.05) is 13.2 Å². The van der Waals surface area contributed by atoms with E-state index in [0.29, 0.717) is 43.5 Å². The fraction of sp³-hybridized carbons (Fsp3) is 0.240. The molecule has 2 aromatic carbocycles. The molecule has 9 heteroatoms.